The summed E-state index contributed by atoms with van der Waals surface area (Å²) < 4.78 is 14.4. The predicted molar refractivity (Wildman–Crippen MR) is 116 cm³/mol. The summed E-state index contributed by atoms with van der Waals surface area (Å²) in [5.74, 6) is -0.510. The highest BCUT2D eigenvalue weighted by atomic mass is 19.1. The molecule has 0 bridgehead atoms. The van der Waals surface area contributed by atoms with Crippen LogP contribution in [0.25, 0.3) is 5.70 Å². The van der Waals surface area contributed by atoms with Crippen LogP contribution in [0.5, 0.6) is 0 Å². The van der Waals surface area contributed by atoms with Crippen molar-refractivity contribution in [3.8, 4) is 6.07 Å². The molecule has 3 rings (SSSR count). The summed E-state index contributed by atoms with van der Waals surface area (Å²) in [6.45, 7) is 14.4. The van der Waals surface area contributed by atoms with Crippen LogP contribution in [0.15, 0.2) is 43.0 Å². The molecule has 29 heavy (non-hydrogen) atoms. The summed E-state index contributed by atoms with van der Waals surface area (Å²) in [6, 6.07) is 12.4. The number of hydrogen-bond acceptors (Lipinski definition) is 4. The van der Waals surface area contributed by atoms with Gasteiger partial charge in [0.15, 0.2) is 5.78 Å². The summed E-state index contributed by atoms with van der Waals surface area (Å²) >= 11 is 0. The summed E-state index contributed by atoms with van der Waals surface area (Å²) in [7, 11) is 0. The van der Waals surface area contributed by atoms with Gasteiger partial charge in [0, 0.05) is 43.0 Å². The molecule has 0 spiro atoms. The highest BCUT2D eigenvalue weighted by Gasteiger charge is 2.22. The second-order valence-corrected chi connectivity index (χ2v) is 6.78. The van der Waals surface area contributed by atoms with Crippen LogP contribution in [-0.4, -0.2) is 36.9 Å². The van der Waals surface area contributed by atoms with Crippen molar-refractivity contribution >= 4 is 17.2 Å². The zero-order valence-electron chi connectivity index (χ0n) is 17.6. The van der Waals surface area contributed by atoms with Gasteiger partial charge >= 0.3 is 0 Å². The maximum absolute atomic E-state index is 14.4. The number of hydrogen-bond donors (Lipinski definition) is 0. The van der Waals surface area contributed by atoms with Crippen molar-refractivity contribution in [3.63, 3.8) is 0 Å². The SMILES string of the molecule is C=C(c1cc(C#N)ccc1C)N1CCN(c2ccc(C(C)=O)cc2F)CC1.CC. The van der Waals surface area contributed by atoms with E-state index in [0.29, 0.717) is 43.0 Å². The number of ketones is 1. The smallest absolute Gasteiger partial charge is 0.159 e. The molecule has 1 aliphatic rings. The van der Waals surface area contributed by atoms with E-state index in [0.717, 1.165) is 16.8 Å². The number of rotatable bonds is 4. The van der Waals surface area contributed by atoms with E-state index < -0.39 is 0 Å². The van der Waals surface area contributed by atoms with Crippen LogP contribution < -0.4 is 4.90 Å². The summed E-state index contributed by atoms with van der Waals surface area (Å²) in [4.78, 5) is 15.6. The molecule has 2 aromatic rings. The summed E-state index contributed by atoms with van der Waals surface area (Å²) in [5.41, 5.74) is 4.45. The number of Topliss-reactive ketones (excluding diaryl/α,β-unsaturated/α-hetero) is 1. The standard InChI is InChI=1S/C22H22FN3O.C2H6/c1-15-4-5-18(14-24)12-20(15)16(2)25-8-10-26(11-9-25)22-7-6-19(17(3)27)13-21(22)23;1-2/h4-7,12-13H,2,8-11H2,1,3H3;1-2H3. The minimum Gasteiger partial charge on any atom is -0.368 e. The number of carbonyl (C=O) groups excluding carboxylic acids is 1. The molecule has 1 heterocycles. The number of nitrogens with zero attached hydrogens (tertiary/aromatic N) is 3. The number of halogens is 1. The molecule has 0 atom stereocenters. The molecule has 1 aliphatic heterocycles. The van der Waals surface area contributed by atoms with E-state index in [1.54, 1.807) is 18.2 Å². The average Bonchev–Trinajstić information content (AvgIpc) is 2.75. The Kier molecular flexibility index (Phi) is 7.55. The van der Waals surface area contributed by atoms with E-state index in [9.17, 15) is 9.18 Å². The molecule has 0 radical (unpaired) electrons. The van der Waals surface area contributed by atoms with Gasteiger partial charge in [0.05, 0.1) is 17.3 Å². The van der Waals surface area contributed by atoms with Crippen molar-refractivity contribution < 1.29 is 9.18 Å². The van der Waals surface area contributed by atoms with Crippen LogP contribution in [0, 0.1) is 24.1 Å². The molecule has 0 aromatic heterocycles. The van der Waals surface area contributed by atoms with Gasteiger partial charge in [0.2, 0.25) is 0 Å². The zero-order valence-corrected chi connectivity index (χ0v) is 17.6. The van der Waals surface area contributed by atoms with Gasteiger partial charge in [-0.25, -0.2) is 4.39 Å². The number of anilines is 1. The van der Waals surface area contributed by atoms with E-state index in [1.165, 1.54) is 13.0 Å². The number of benzene rings is 2. The van der Waals surface area contributed by atoms with Gasteiger partial charge < -0.3 is 9.80 Å². The molecular formula is C24H28FN3O. The van der Waals surface area contributed by atoms with Crippen molar-refractivity contribution in [2.75, 3.05) is 31.1 Å². The van der Waals surface area contributed by atoms with E-state index in [1.807, 2.05) is 37.8 Å². The van der Waals surface area contributed by atoms with Crippen molar-refractivity contribution in [2.24, 2.45) is 0 Å². The molecule has 152 valence electrons. The molecule has 2 aromatic carbocycles. The van der Waals surface area contributed by atoms with Crippen LogP contribution in [0.1, 0.15) is 47.8 Å². The Bertz CT molecular complexity index is 938. The van der Waals surface area contributed by atoms with Crippen LogP contribution in [0.2, 0.25) is 0 Å². The lowest BCUT2D eigenvalue weighted by molar-refractivity contribution is 0.101. The first-order valence-electron chi connectivity index (χ1n) is 9.91. The van der Waals surface area contributed by atoms with E-state index in [2.05, 4.69) is 17.5 Å². The maximum Gasteiger partial charge on any atom is 0.159 e. The lowest BCUT2D eigenvalue weighted by atomic mass is 10.0. The first kappa shape index (κ1) is 22.2. The van der Waals surface area contributed by atoms with Crippen LogP contribution >= 0.6 is 0 Å². The molecule has 0 saturated carbocycles. The number of nitriles is 1. The monoisotopic (exact) mass is 393 g/mol. The van der Waals surface area contributed by atoms with Gasteiger partial charge in [-0.05, 0) is 49.7 Å². The Labute approximate surface area is 172 Å². The number of aryl methyl sites for hydroxylation is 1. The molecular weight excluding hydrogens is 365 g/mol. The first-order chi connectivity index (χ1) is 13.9. The van der Waals surface area contributed by atoms with E-state index in [4.69, 9.17) is 5.26 Å². The lowest BCUT2D eigenvalue weighted by Crippen LogP contribution is -2.45. The van der Waals surface area contributed by atoms with Crippen molar-refractivity contribution in [2.45, 2.75) is 27.7 Å². The third-order valence-electron chi connectivity index (χ3n) is 5.03. The van der Waals surface area contributed by atoms with Crippen LogP contribution in [0.4, 0.5) is 10.1 Å². The molecule has 4 nitrogen and oxygen atoms in total. The largest absolute Gasteiger partial charge is 0.368 e. The molecule has 0 N–H and O–H groups in total. The van der Waals surface area contributed by atoms with Crippen molar-refractivity contribution in [3.05, 3.63) is 71.0 Å². The third kappa shape index (κ3) is 5.03. The first-order valence-corrected chi connectivity index (χ1v) is 9.91. The van der Waals surface area contributed by atoms with Crippen molar-refractivity contribution in [1.82, 2.24) is 4.90 Å². The number of carbonyl (C=O) groups is 1. The van der Waals surface area contributed by atoms with Crippen LogP contribution in [-0.2, 0) is 0 Å². The fourth-order valence-electron chi connectivity index (χ4n) is 3.37. The fraction of sp³-hybridized carbons (Fsp3) is 0.333. The summed E-state index contributed by atoms with van der Waals surface area (Å²) in [5, 5.41) is 9.13. The van der Waals surface area contributed by atoms with Gasteiger partial charge in [-0.2, -0.15) is 5.26 Å². The molecule has 5 heteroatoms. The second-order valence-electron chi connectivity index (χ2n) is 6.78. The highest BCUT2D eigenvalue weighted by Crippen LogP contribution is 2.26. The highest BCUT2D eigenvalue weighted by molar-refractivity contribution is 5.94. The zero-order chi connectivity index (χ0) is 21.6. The fourth-order valence-corrected chi connectivity index (χ4v) is 3.37. The van der Waals surface area contributed by atoms with Crippen molar-refractivity contribution in [1.29, 1.82) is 5.26 Å². The minimum absolute atomic E-state index is 0.142. The van der Waals surface area contributed by atoms with Gasteiger partial charge in [0.25, 0.3) is 0 Å². The van der Waals surface area contributed by atoms with Gasteiger partial charge in [-0.15, -0.1) is 0 Å². The van der Waals surface area contributed by atoms with Gasteiger partial charge in [-0.1, -0.05) is 26.5 Å². The van der Waals surface area contributed by atoms with Gasteiger partial charge in [0.1, 0.15) is 5.82 Å². The van der Waals surface area contributed by atoms with Gasteiger partial charge in [-0.3, -0.25) is 4.79 Å². The normalized spacial score (nSPS) is 13.2. The number of piperazine rings is 1. The average molecular weight is 394 g/mol. The molecule has 1 fully saturated rings. The topological polar surface area (TPSA) is 47.3 Å². The quantitative estimate of drug-likeness (QED) is 0.684. The summed E-state index contributed by atoms with van der Waals surface area (Å²) in [6.07, 6.45) is 0. The Balaban J connectivity index is 0.00000145. The van der Waals surface area contributed by atoms with E-state index in [-0.39, 0.29) is 11.6 Å². The Morgan fingerprint density at radius 2 is 1.76 bits per heavy atom. The minimum atomic E-state index is -0.368. The predicted octanol–water partition coefficient (Wildman–Crippen LogP) is 5.03. The Hall–Kier alpha value is -3.13. The molecule has 0 aliphatic carbocycles. The Morgan fingerprint density at radius 3 is 2.31 bits per heavy atom. The third-order valence-corrected chi connectivity index (χ3v) is 5.03. The molecule has 1 saturated heterocycles. The molecule has 0 unspecified atom stereocenters. The van der Waals surface area contributed by atoms with E-state index >= 15 is 0 Å². The van der Waals surface area contributed by atoms with Crippen LogP contribution in [0.3, 0.4) is 0 Å². The molecule has 0 amide bonds. The second kappa shape index (κ2) is 9.88. The maximum atomic E-state index is 14.4. The lowest BCUT2D eigenvalue weighted by Gasteiger charge is -2.38. The Morgan fingerprint density at radius 1 is 1.10 bits per heavy atom.